The first-order valence-electron chi connectivity index (χ1n) is 7.01. The second-order valence-electron chi connectivity index (χ2n) is 4.89. The average molecular weight is 352 g/mol. The van der Waals surface area contributed by atoms with Crippen LogP contribution >= 0.6 is 11.6 Å². The van der Waals surface area contributed by atoms with Crippen LogP contribution in [0.25, 0.3) is 0 Å². The van der Waals surface area contributed by atoms with E-state index in [0.29, 0.717) is 5.02 Å². The Hall–Kier alpha value is -2.60. The molecule has 7 heteroatoms. The van der Waals surface area contributed by atoms with E-state index in [0.717, 1.165) is 6.07 Å². The van der Waals surface area contributed by atoms with E-state index in [4.69, 9.17) is 21.1 Å². The maximum absolute atomic E-state index is 13.1. The van der Waals surface area contributed by atoms with Crippen LogP contribution in [0.2, 0.25) is 5.02 Å². The molecule has 0 saturated carbocycles. The summed E-state index contributed by atoms with van der Waals surface area (Å²) in [6.45, 7) is 1.41. The molecule has 0 radical (unpaired) electrons. The number of halogens is 2. The fourth-order valence-corrected chi connectivity index (χ4v) is 2.10. The van der Waals surface area contributed by atoms with Crippen LogP contribution in [0.1, 0.15) is 17.3 Å². The van der Waals surface area contributed by atoms with Crippen molar-refractivity contribution in [1.29, 1.82) is 0 Å². The summed E-state index contributed by atoms with van der Waals surface area (Å²) in [7, 11) is 1.40. The molecule has 2 rings (SSSR count). The van der Waals surface area contributed by atoms with Gasteiger partial charge in [0.05, 0.1) is 7.11 Å². The lowest BCUT2D eigenvalue weighted by Gasteiger charge is -2.15. The van der Waals surface area contributed by atoms with E-state index >= 15 is 0 Å². The number of nitrogens with one attached hydrogen (secondary N) is 1. The Labute approximate surface area is 143 Å². The third kappa shape index (κ3) is 4.45. The van der Waals surface area contributed by atoms with E-state index in [1.54, 1.807) is 6.07 Å². The highest BCUT2D eigenvalue weighted by Crippen LogP contribution is 2.24. The lowest BCUT2D eigenvalue weighted by atomic mass is 10.2. The van der Waals surface area contributed by atoms with Crippen molar-refractivity contribution in [2.75, 3.05) is 12.4 Å². The summed E-state index contributed by atoms with van der Waals surface area (Å²) >= 11 is 5.86. The fourth-order valence-electron chi connectivity index (χ4n) is 1.93. The lowest BCUT2D eigenvalue weighted by Crippen LogP contribution is -2.30. The number of carbonyl (C=O) groups excluding carboxylic acids is 2. The van der Waals surface area contributed by atoms with Crippen LogP contribution in [-0.4, -0.2) is 25.1 Å². The van der Waals surface area contributed by atoms with E-state index in [1.807, 2.05) is 0 Å². The number of rotatable bonds is 5. The molecule has 2 aromatic carbocycles. The number of hydrogen-bond acceptors (Lipinski definition) is 4. The van der Waals surface area contributed by atoms with Gasteiger partial charge in [-0.25, -0.2) is 9.18 Å². The number of methoxy groups -OCH3 is 1. The maximum Gasteiger partial charge on any atom is 0.342 e. The molecule has 1 atom stereocenters. The summed E-state index contributed by atoms with van der Waals surface area (Å²) in [5.74, 6) is -1.55. The number of carbonyl (C=O) groups is 2. The van der Waals surface area contributed by atoms with Gasteiger partial charge in [0.1, 0.15) is 17.1 Å². The number of esters is 1. The van der Waals surface area contributed by atoms with E-state index in [-0.39, 0.29) is 17.0 Å². The lowest BCUT2D eigenvalue weighted by molar-refractivity contribution is -0.123. The van der Waals surface area contributed by atoms with Gasteiger partial charge in [-0.3, -0.25) is 4.79 Å². The Balaban J connectivity index is 2.06. The first-order chi connectivity index (χ1) is 11.4. The number of ether oxygens (including phenoxy) is 2. The Morgan fingerprint density at radius 2 is 1.96 bits per heavy atom. The summed E-state index contributed by atoms with van der Waals surface area (Å²) in [6, 6.07) is 9.87. The van der Waals surface area contributed by atoms with Crippen LogP contribution in [0.3, 0.4) is 0 Å². The van der Waals surface area contributed by atoms with Gasteiger partial charge >= 0.3 is 5.97 Å². The van der Waals surface area contributed by atoms with Crippen molar-refractivity contribution in [1.82, 2.24) is 0 Å². The molecule has 1 amide bonds. The second kappa shape index (κ2) is 7.79. The third-order valence-corrected chi connectivity index (χ3v) is 3.36. The normalized spacial score (nSPS) is 11.5. The summed E-state index contributed by atoms with van der Waals surface area (Å²) < 4.78 is 23.3. The Morgan fingerprint density at radius 3 is 2.62 bits per heavy atom. The number of anilines is 1. The topological polar surface area (TPSA) is 64.6 Å². The molecule has 0 aliphatic heterocycles. The minimum atomic E-state index is -1.09. The van der Waals surface area contributed by atoms with Gasteiger partial charge in [-0.05, 0) is 43.3 Å². The minimum absolute atomic E-state index is 0.107. The van der Waals surface area contributed by atoms with Crippen molar-refractivity contribution in [3.8, 4) is 5.75 Å². The SMILES string of the molecule is COc1ccc(Cl)cc1C(=O)O[C@@H](C)C(=O)Nc1cccc(F)c1. The minimum Gasteiger partial charge on any atom is -0.496 e. The quantitative estimate of drug-likeness (QED) is 0.835. The monoisotopic (exact) mass is 351 g/mol. The summed E-state index contributed by atoms with van der Waals surface area (Å²) in [5, 5.41) is 2.80. The van der Waals surface area contributed by atoms with Gasteiger partial charge in [0.15, 0.2) is 6.10 Å². The van der Waals surface area contributed by atoms with Gasteiger partial charge in [-0.15, -0.1) is 0 Å². The molecular weight excluding hydrogens is 337 g/mol. The molecule has 24 heavy (non-hydrogen) atoms. The molecule has 126 valence electrons. The van der Waals surface area contributed by atoms with Crippen molar-refractivity contribution in [3.05, 3.63) is 58.9 Å². The van der Waals surface area contributed by atoms with E-state index in [9.17, 15) is 14.0 Å². The van der Waals surface area contributed by atoms with Crippen LogP contribution < -0.4 is 10.1 Å². The van der Waals surface area contributed by atoms with Crippen molar-refractivity contribution >= 4 is 29.2 Å². The first-order valence-corrected chi connectivity index (χ1v) is 7.39. The van der Waals surface area contributed by atoms with Crippen LogP contribution in [0.4, 0.5) is 10.1 Å². The molecule has 5 nitrogen and oxygen atoms in total. The molecule has 0 bridgehead atoms. The Morgan fingerprint density at radius 1 is 1.21 bits per heavy atom. The van der Waals surface area contributed by atoms with Gasteiger partial charge in [-0.1, -0.05) is 17.7 Å². The Kier molecular flexibility index (Phi) is 5.76. The molecule has 2 aromatic rings. The van der Waals surface area contributed by atoms with Crippen molar-refractivity contribution in [2.24, 2.45) is 0 Å². The first kappa shape index (κ1) is 17.7. The summed E-state index contributed by atoms with van der Waals surface area (Å²) in [6.07, 6.45) is -1.09. The van der Waals surface area contributed by atoms with Gasteiger partial charge < -0.3 is 14.8 Å². The highest BCUT2D eigenvalue weighted by atomic mass is 35.5. The largest absolute Gasteiger partial charge is 0.496 e. The van der Waals surface area contributed by atoms with E-state index < -0.39 is 23.8 Å². The second-order valence-corrected chi connectivity index (χ2v) is 5.33. The Bertz CT molecular complexity index is 766. The van der Waals surface area contributed by atoms with Crippen LogP contribution in [0.5, 0.6) is 5.75 Å². The molecule has 0 saturated heterocycles. The third-order valence-electron chi connectivity index (χ3n) is 3.13. The molecule has 0 aliphatic carbocycles. The predicted octanol–water partition coefficient (Wildman–Crippen LogP) is 3.67. The molecular formula is C17H15ClFNO4. The van der Waals surface area contributed by atoms with Gasteiger partial charge in [-0.2, -0.15) is 0 Å². The van der Waals surface area contributed by atoms with Crippen LogP contribution in [0, 0.1) is 5.82 Å². The van der Waals surface area contributed by atoms with Crippen molar-refractivity contribution < 1.29 is 23.5 Å². The van der Waals surface area contributed by atoms with Gasteiger partial charge in [0, 0.05) is 10.7 Å². The summed E-state index contributed by atoms with van der Waals surface area (Å²) in [5.41, 5.74) is 0.374. The molecule has 1 N–H and O–H groups in total. The number of benzene rings is 2. The van der Waals surface area contributed by atoms with Crippen molar-refractivity contribution in [3.63, 3.8) is 0 Å². The average Bonchev–Trinajstić information content (AvgIpc) is 2.54. The summed E-state index contributed by atoms with van der Waals surface area (Å²) in [4.78, 5) is 24.2. The van der Waals surface area contributed by atoms with E-state index in [2.05, 4.69) is 5.32 Å². The van der Waals surface area contributed by atoms with Crippen LogP contribution in [0.15, 0.2) is 42.5 Å². The zero-order valence-electron chi connectivity index (χ0n) is 13.0. The maximum atomic E-state index is 13.1. The predicted molar refractivity (Wildman–Crippen MR) is 87.9 cm³/mol. The molecule has 0 unspecified atom stereocenters. The van der Waals surface area contributed by atoms with E-state index in [1.165, 1.54) is 44.4 Å². The zero-order valence-corrected chi connectivity index (χ0v) is 13.8. The molecule has 0 spiro atoms. The highest BCUT2D eigenvalue weighted by Gasteiger charge is 2.22. The van der Waals surface area contributed by atoms with Crippen molar-refractivity contribution in [2.45, 2.75) is 13.0 Å². The molecule has 0 fully saturated rings. The smallest absolute Gasteiger partial charge is 0.342 e. The standard InChI is InChI=1S/C17H15ClFNO4/c1-10(16(21)20-13-5-3-4-12(19)9-13)24-17(22)14-8-11(18)6-7-15(14)23-2/h3-10H,1-2H3,(H,20,21)/t10-/m0/s1. The number of hydrogen-bond donors (Lipinski definition) is 1. The molecule has 0 heterocycles. The van der Waals surface area contributed by atoms with Gasteiger partial charge in [0.25, 0.3) is 5.91 Å². The fraction of sp³-hybridized carbons (Fsp3) is 0.176. The highest BCUT2D eigenvalue weighted by molar-refractivity contribution is 6.31. The van der Waals surface area contributed by atoms with Gasteiger partial charge in [0.2, 0.25) is 0 Å². The number of amides is 1. The molecule has 0 aromatic heterocycles. The zero-order chi connectivity index (χ0) is 17.7. The van der Waals surface area contributed by atoms with Crippen LogP contribution in [-0.2, 0) is 9.53 Å². The molecule has 0 aliphatic rings.